The predicted molar refractivity (Wildman–Crippen MR) is 90.8 cm³/mol. The fraction of sp³-hybridized carbons (Fsp3) is 0.818. The highest BCUT2D eigenvalue weighted by atomic mass is 32.2. The molecule has 7 nitrogen and oxygen atoms in total. The summed E-state index contributed by atoms with van der Waals surface area (Å²) >= 11 is 2.96. The molecule has 0 bridgehead atoms. The third kappa shape index (κ3) is 45.0. The minimum Gasteiger partial charge on any atom is -0.820 e. The fourth-order valence-corrected chi connectivity index (χ4v) is 2.15. The summed E-state index contributed by atoms with van der Waals surface area (Å²) in [5.74, 6) is 0. The highest BCUT2D eigenvalue weighted by Gasteiger charge is 1.98. The van der Waals surface area contributed by atoms with Crippen molar-refractivity contribution in [1.29, 1.82) is 0 Å². The van der Waals surface area contributed by atoms with Crippen molar-refractivity contribution in [3.05, 3.63) is 0 Å². The van der Waals surface area contributed by atoms with E-state index in [0.29, 0.717) is 20.8 Å². The second kappa shape index (κ2) is 16.3. The topological polar surface area (TPSA) is 159 Å². The van der Waals surface area contributed by atoms with Gasteiger partial charge in [0.15, 0.2) is 0 Å². The quantitative estimate of drug-likeness (QED) is 0.251. The van der Waals surface area contributed by atoms with Crippen molar-refractivity contribution >= 4 is 42.5 Å². The van der Waals surface area contributed by atoms with Gasteiger partial charge in [0.2, 0.25) is 0 Å². The summed E-state index contributed by atoms with van der Waals surface area (Å²) in [6, 6.07) is 0. The van der Waals surface area contributed by atoms with Crippen LogP contribution in [-0.4, -0.2) is 26.9 Å². The SMILES string of the molecule is CC(C)OP([O-])[O-].CC(C)SC(N)=[NH2+].CC(C)SC(N)=[NH2+]. The van der Waals surface area contributed by atoms with Gasteiger partial charge in [0, 0.05) is 10.5 Å². The average Bonchev–Trinajstić information content (AvgIpc) is 2.10. The van der Waals surface area contributed by atoms with Gasteiger partial charge in [-0.1, -0.05) is 27.7 Å². The summed E-state index contributed by atoms with van der Waals surface area (Å²) in [6.45, 7) is 11.5. The van der Waals surface area contributed by atoms with Crippen LogP contribution in [-0.2, 0) is 4.52 Å². The van der Waals surface area contributed by atoms with Crippen LogP contribution in [0, 0.1) is 0 Å². The molecule has 0 spiro atoms. The first-order valence-electron chi connectivity index (χ1n) is 6.28. The van der Waals surface area contributed by atoms with E-state index < -0.39 is 8.60 Å². The van der Waals surface area contributed by atoms with Crippen LogP contribution < -0.4 is 32.1 Å². The van der Waals surface area contributed by atoms with Crippen molar-refractivity contribution in [3.8, 4) is 0 Å². The highest BCUT2D eigenvalue weighted by molar-refractivity contribution is 8.14. The Morgan fingerprint density at radius 2 is 1.19 bits per heavy atom. The third-order valence-corrected chi connectivity index (χ3v) is 3.12. The molecule has 8 N–H and O–H groups in total. The Bertz CT molecular complexity index is 254. The minimum absolute atomic E-state index is 0.221. The van der Waals surface area contributed by atoms with Crippen LogP contribution >= 0.6 is 32.1 Å². The van der Waals surface area contributed by atoms with Gasteiger partial charge in [-0.25, -0.2) is 0 Å². The molecule has 0 rings (SSSR count). The molecule has 0 unspecified atom stereocenters. The summed E-state index contributed by atoms with van der Waals surface area (Å²) in [6.07, 6.45) is -0.221. The lowest BCUT2D eigenvalue weighted by molar-refractivity contribution is -0.320. The maximum atomic E-state index is 9.62. The van der Waals surface area contributed by atoms with Gasteiger partial charge in [-0.3, -0.25) is 22.3 Å². The molecule has 0 aromatic carbocycles. The maximum absolute atomic E-state index is 9.62. The number of amidine groups is 2. The summed E-state index contributed by atoms with van der Waals surface area (Å²) < 4.78 is 4.20. The first-order valence-corrected chi connectivity index (χ1v) is 9.14. The Morgan fingerprint density at radius 1 is 0.905 bits per heavy atom. The minimum atomic E-state index is -2.64. The van der Waals surface area contributed by atoms with E-state index in [9.17, 15) is 9.79 Å². The van der Waals surface area contributed by atoms with Crippen molar-refractivity contribution in [2.45, 2.75) is 58.1 Å². The van der Waals surface area contributed by atoms with Gasteiger partial charge < -0.3 is 14.3 Å². The van der Waals surface area contributed by atoms with Gasteiger partial charge in [0.1, 0.15) is 0 Å². The van der Waals surface area contributed by atoms with Crippen molar-refractivity contribution in [3.63, 3.8) is 0 Å². The zero-order valence-electron chi connectivity index (χ0n) is 13.5. The molecule has 0 fully saturated rings. The zero-order chi connectivity index (χ0) is 17.6. The number of rotatable bonds is 4. The summed E-state index contributed by atoms with van der Waals surface area (Å²) in [5.41, 5.74) is 10.3. The first kappa shape index (κ1) is 25.9. The molecule has 21 heavy (non-hydrogen) atoms. The van der Waals surface area contributed by atoms with Gasteiger partial charge in [-0.15, -0.1) is 0 Å². The molecule has 128 valence electrons. The Balaban J connectivity index is -0.000000231. The van der Waals surface area contributed by atoms with Crippen LogP contribution in [0.25, 0.3) is 0 Å². The molecule has 10 heteroatoms. The molecule has 0 aromatic rings. The van der Waals surface area contributed by atoms with Crippen LogP contribution in [0.4, 0.5) is 0 Å². The molecule has 0 aliphatic rings. The van der Waals surface area contributed by atoms with Crippen molar-refractivity contribution in [1.82, 2.24) is 0 Å². The largest absolute Gasteiger partial charge is 0.820 e. The second-order valence-corrected chi connectivity index (χ2v) is 8.47. The predicted octanol–water partition coefficient (Wildman–Crippen LogP) is -2.24. The lowest BCUT2D eigenvalue weighted by atomic mass is 10.5. The number of nitrogens with two attached hydrogens (primary N) is 4. The zero-order valence-corrected chi connectivity index (χ0v) is 16.1. The molecule has 0 aliphatic carbocycles. The summed E-state index contributed by atoms with van der Waals surface area (Å²) in [5, 5.41) is 12.2. The molecule has 0 aliphatic heterocycles. The second-order valence-electron chi connectivity index (χ2n) is 4.52. The third-order valence-electron chi connectivity index (χ3n) is 1.04. The van der Waals surface area contributed by atoms with Gasteiger partial charge >= 0.3 is 0 Å². The smallest absolute Gasteiger partial charge is 0.300 e. The summed E-state index contributed by atoms with van der Waals surface area (Å²) in [4.78, 5) is 19.2. The van der Waals surface area contributed by atoms with Gasteiger partial charge in [0.05, 0.1) is 6.10 Å². The summed E-state index contributed by atoms with van der Waals surface area (Å²) in [7, 11) is -2.64. The lowest BCUT2D eigenvalue weighted by Crippen LogP contribution is -2.43. The Morgan fingerprint density at radius 3 is 1.19 bits per heavy atom. The van der Waals surface area contributed by atoms with E-state index >= 15 is 0 Å². The Labute approximate surface area is 137 Å². The monoisotopic (exact) mass is 360 g/mol. The number of hydrogen-bond acceptors (Lipinski definition) is 5. The van der Waals surface area contributed by atoms with E-state index in [-0.39, 0.29) is 6.10 Å². The molecule has 0 atom stereocenters. The van der Waals surface area contributed by atoms with Gasteiger partial charge in [-0.2, -0.15) is 8.60 Å². The van der Waals surface area contributed by atoms with Crippen LogP contribution in [0.3, 0.4) is 0 Å². The highest BCUT2D eigenvalue weighted by Crippen LogP contribution is 2.15. The van der Waals surface area contributed by atoms with E-state index in [4.69, 9.17) is 22.3 Å². The molecule has 0 saturated carbocycles. The molecular formula is C11H29N4O3PS2. The van der Waals surface area contributed by atoms with Crippen LogP contribution in [0.2, 0.25) is 0 Å². The van der Waals surface area contributed by atoms with Crippen molar-refractivity contribution in [2.75, 3.05) is 0 Å². The van der Waals surface area contributed by atoms with Crippen molar-refractivity contribution < 1.29 is 25.1 Å². The number of hydrogen-bond donors (Lipinski definition) is 4. The first-order chi connectivity index (χ1) is 9.38. The van der Waals surface area contributed by atoms with E-state index in [2.05, 4.69) is 4.52 Å². The maximum Gasteiger partial charge on any atom is 0.300 e. The lowest BCUT2D eigenvalue weighted by Gasteiger charge is -2.31. The van der Waals surface area contributed by atoms with E-state index in [1.165, 1.54) is 23.5 Å². The average molecular weight is 360 g/mol. The standard InChI is InChI=1S/2C4H10N2S.C3H7O3P/c2*1-3(2)7-4(5)6;1-3(2)6-7(4)5/h2*3H,1-2H3,(H3,5,6);3H,1-2H3/q;;-2/p+2. The molecule has 0 saturated heterocycles. The van der Waals surface area contributed by atoms with Gasteiger partial charge in [0.25, 0.3) is 10.3 Å². The molecule has 0 aromatic heterocycles. The Hall–Kier alpha value is -0.0500. The van der Waals surface area contributed by atoms with E-state index in [0.717, 1.165) is 0 Å². The molecule has 0 heterocycles. The molecule has 0 radical (unpaired) electrons. The number of thioether (sulfide) groups is 2. The van der Waals surface area contributed by atoms with E-state index in [1.807, 2.05) is 27.7 Å². The van der Waals surface area contributed by atoms with Crippen LogP contribution in [0.1, 0.15) is 41.5 Å². The van der Waals surface area contributed by atoms with Crippen molar-refractivity contribution in [2.24, 2.45) is 11.5 Å². The van der Waals surface area contributed by atoms with Crippen LogP contribution in [0.5, 0.6) is 0 Å². The van der Waals surface area contributed by atoms with Crippen LogP contribution in [0.15, 0.2) is 0 Å². The Kier molecular flexibility index (Phi) is 20.1. The van der Waals surface area contributed by atoms with Gasteiger partial charge in [-0.05, 0) is 37.4 Å². The van der Waals surface area contributed by atoms with E-state index in [1.54, 1.807) is 13.8 Å². The molecular weight excluding hydrogens is 331 g/mol. The fourth-order valence-electron chi connectivity index (χ4n) is 0.716. The normalized spacial score (nSPS) is 10.1. The molecule has 0 amide bonds.